The normalized spacial score (nSPS) is 17.2. The van der Waals surface area contributed by atoms with E-state index in [0.717, 1.165) is 30.5 Å². The van der Waals surface area contributed by atoms with Gasteiger partial charge in [-0.15, -0.1) is 0 Å². The van der Waals surface area contributed by atoms with Crippen molar-refractivity contribution in [2.75, 3.05) is 0 Å². The van der Waals surface area contributed by atoms with E-state index in [9.17, 15) is 4.79 Å². The summed E-state index contributed by atoms with van der Waals surface area (Å²) in [5.74, 6) is 0.159. The average molecular weight is 285 g/mol. The summed E-state index contributed by atoms with van der Waals surface area (Å²) in [6, 6.07) is 4.51. The Labute approximate surface area is 125 Å². The fourth-order valence-corrected chi connectivity index (χ4v) is 3.30. The number of fused-ring (bicyclic) bond motifs is 1. The molecule has 2 aromatic heterocycles. The lowest BCUT2D eigenvalue weighted by molar-refractivity contribution is 0.0589. The highest BCUT2D eigenvalue weighted by atomic mass is 16.2. The molecule has 0 aliphatic heterocycles. The molecule has 3 rings (SSSR count). The molecule has 21 heavy (non-hydrogen) atoms. The fourth-order valence-electron chi connectivity index (χ4n) is 3.30. The smallest absolute Gasteiger partial charge is 0.255 e. The number of carbonyl (C=O) groups excluding carboxylic acids is 1. The van der Waals surface area contributed by atoms with E-state index < -0.39 is 0 Å². The second kappa shape index (κ2) is 5.88. The molecule has 4 heteroatoms. The maximum Gasteiger partial charge on any atom is 0.255 e. The van der Waals surface area contributed by atoms with E-state index in [0.29, 0.717) is 12.1 Å². The fraction of sp³-hybridized carbons (Fsp3) is 0.529. The molecule has 1 aliphatic rings. The van der Waals surface area contributed by atoms with Crippen molar-refractivity contribution in [3.63, 3.8) is 0 Å². The third kappa shape index (κ3) is 2.67. The summed E-state index contributed by atoms with van der Waals surface area (Å²) in [5.41, 5.74) is 1.63. The van der Waals surface area contributed by atoms with Gasteiger partial charge in [-0.1, -0.05) is 19.8 Å². The first kappa shape index (κ1) is 14.1. The van der Waals surface area contributed by atoms with Gasteiger partial charge in [-0.05, 0) is 38.3 Å². The first-order chi connectivity index (χ1) is 10.2. The van der Waals surface area contributed by atoms with Crippen molar-refractivity contribution in [3.8, 4) is 0 Å². The Kier molecular flexibility index (Phi) is 3.95. The van der Waals surface area contributed by atoms with Gasteiger partial charge >= 0.3 is 0 Å². The Morgan fingerprint density at radius 2 is 2.19 bits per heavy atom. The van der Waals surface area contributed by atoms with Gasteiger partial charge < -0.3 is 9.30 Å². The second-order valence-corrected chi connectivity index (χ2v) is 6.02. The van der Waals surface area contributed by atoms with E-state index in [4.69, 9.17) is 0 Å². The van der Waals surface area contributed by atoms with Crippen LogP contribution in [0.3, 0.4) is 0 Å². The predicted molar refractivity (Wildman–Crippen MR) is 83.4 cm³/mol. The third-order valence-electron chi connectivity index (χ3n) is 4.65. The van der Waals surface area contributed by atoms with Crippen molar-refractivity contribution in [1.82, 2.24) is 14.3 Å². The van der Waals surface area contributed by atoms with Gasteiger partial charge in [0.2, 0.25) is 0 Å². The summed E-state index contributed by atoms with van der Waals surface area (Å²) in [7, 11) is 0. The molecule has 1 atom stereocenters. The summed E-state index contributed by atoms with van der Waals surface area (Å²) < 4.78 is 1.91. The van der Waals surface area contributed by atoms with E-state index in [1.54, 1.807) is 6.20 Å². The summed E-state index contributed by atoms with van der Waals surface area (Å²) in [6.45, 7) is 4.31. The molecular weight excluding hydrogens is 262 g/mol. The Morgan fingerprint density at radius 1 is 1.43 bits per heavy atom. The minimum atomic E-state index is 0.159. The molecular formula is C17H23N3O. The van der Waals surface area contributed by atoms with Crippen LogP contribution in [0.15, 0.2) is 30.7 Å². The number of rotatable bonds is 4. The van der Waals surface area contributed by atoms with Crippen LogP contribution in [0.1, 0.15) is 56.3 Å². The largest absolute Gasteiger partial charge is 0.333 e. The molecule has 0 spiro atoms. The zero-order valence-corrected chi connectivity index (χ0v) is 12.8. The third-order valence-corrected chi connectivity index (χ3v) is 4.65. The summed E-state index contributed by atoms with van der Waals surface area (Å²) in [4.78, 5) is 19.3. The Balaban J connectivity index is 1.91. The van der Waals surface area contributed by atoms with E-state index >= 15 is 0 Å². The molecule has 0 bridgehead atoms. The van der Waals surface area contributed by atoms with Crippen LogP contribution in [0.5, 0.6) is 0 Å². The Hall–Kier alpha value is -1.84. The van der Waals surface area contributed by atoms with Crippen LogP contribution in [0.2, 0.25) is 0 Å². The highest BCUT2D eigenvalue weighted by Gasteiger charge is 2.30. The number of hydrogen-bond acceptors (Lipinski definition) is 2. The lowest BCUT2D eigenvalue weighted by Gasteiger charge is -2.34. The number of nitrogens with zero attached hydrogens (tertiary/aromatic N) is 3. The molecule has 2 heterocycles. The standard InChI is InChI=1S/C17H23N3O/c1-3-13(2)20(15-6-4-5-7-15)17(21)14-8-9-16-18-10-11-19(16)12-14/h8-13,15H,3-7H2,1-2H3/t13-/m0/s1. The molecule has 1 amide bonds. The van der Waals surface area contributed by atoms with Crippen LogP contribution in [0.4, 0.5) is 0 Å². The van der Waals surface area contributed by atoms with Gasteiger partial charge in [-0.3, -0.25) is 4.79 Å². The lowest BCUT2D eigenvalue weighted by Crippen LogP contribution is -2.44. The van der Waals surface area contributed by atoms with Gasteiger partial charge in [-0.2, -0.15) is 0 Å². The van der Waals surface area contributed by atoms with E-state index in [1.165, 1.54) is 12.8 Å². The van der Waals surface area contributed by atoms with Crippen LogP contribution < -0.4 is 0 Å². The van der Waals surface area contributed by atoms with Crippen LogP contribution in [-0.4, -0.2) is 32.3 Å². The van der Waals surface area contributed by atoms with Crippen LogP contribution in [0, 0.1) is 0 Å². The van der Waals surface area contributed by atoms with Crippen molar-refractivity contribution >= 4 is 11.6 Å². The highest BCUT2D eigenvalue weighted by Crippen LogP contribution is 2.27. The molecule has 0 radical (unpaired) electrons. The second-order valence-electron chi connectivity index (χ2n) is 6.02. The van der Waals surface area contributed by atoms with Crippen LogP contribution in [-0.2, 0) is 0 Å². The lowest BCUT2D eigenvalue weighted by atomic mass is 10.1. The molecule has 0 N–H and O–H groups in total. The molecule has 1 saturated carbocycles. The first-order valence-corrected chi connectivity index (χ1v) is 7.96. The summed E-state index contributed by atoms with van der Waals surface area (Å²) >= 11 is 0. The number of aromatic nitrogens is 2. The van der Waals surface area contributed by atoms with Gasteiger partial charge in [0.15, 0.2) is 0 Å². The van der Waals surface area contributed by atoms with E-state index in [2.05, 4.69) is 23.7 Å². The Morgan fingerprint density at radius 3 is 2.90 bits per heavy atom. The maximum absolute atomic E-state index is 13.0. The van der Waals surface area contributed by atoms with Crippen molar-refractivity contribution in [2.45, 2.75) is 58.0 Å². The van der Waals surface area contributed by atoms with Gasteiger partial charge in [0.1, 0.15) is 5.65 Å². The molecule has 1 fully saturated rings. The number of amides is 1. The molecule has 4 nitrogen and oxygen atoms in total. The first-order valence-electron chi connectivity index (χ1n) is 7.96. The molecule has 0 saturated heterocycles. The quantitative estimate of drug-likeness (QED) is 0.862. The van der Waals surface area contributed by atoms with Gasteiger partial charge in [0.05, 0.1) is 5.56 Å². The van der Waals surface area contributed by atoms with Crippen LogP contribution >= 0.6 is 0 Å². The molecule has 1 aliphatic carbocycles. The monoisotopic (exact) mass is 285 g/mol. The number of imidazole rings is 1. The SMILES string of the molecule is CC[C@H](C)N(C(=O)c1ccc2nccn2c1)C1CCCC1. The van der Waals surface area contributed by atoms with E-state index in [1.807, 2.05) is 28.9 Å². The number of hydrogen-bond donors (Lipinski definition) is 0. The topological polar surface area (TPSA) is 37.6 Å². The number of pyridine rings is 1. The van der Waals surface area contributed by atoms with Crippen molar-refractivity contribution in [2.24, 2.45) is 0 Å². The van der Waals surface area contributed by atoms with Crippen LogP contribution in [0.25, 0.3) is 5.65 Å². The molecule has 0 aromatic carbocycles. The summed E-state index contributed by atoms with van der Waals surface area (Å²) in [5, 5.41) is 0. The Bertz CT molecular complexity index is 628. The van der Waals surface area contributed by atoms with Crippen molar-refractivity contribution in [1.29, 1.82) is 0 Å². The minimum Gasteiger partial charge on any atom is -0.333 e. The molecule has 112 valence electrons. The predicted octanol–water partition coefficient (Wildman–Crippen LogP) is 3.52. The zero-order valence-electron chi connectivity index (χ0n) is 12.8. The van der Waals surface area contributed by atoms with Gasteiger partial charge in [0, 0.05) is 30.7 Å². The number of carbonyl (C=O) groups is 1. The van der Waals surface area contributed by atoms with Gasteiger partial charge in [0.25, 0.3) is 5.91 Å². The van der Waals surface area contributed by atoms with Gasteiger partial charge in [-0.25, -0.2) is 4.98 Å². The van der Waals surface area contributed by atoms with Crippen molar-refractivity contribution < 1.29 is 4.79 Å². The van der Waals surface area contributed by atoms with E-state index in [-0.39, 0.29) is 5.91 Å². The van der Waals surface area contributed by atoms with Crippen molar-refractivity contribution in [3.05, 3.63) is 36.3 Å². The minimum absolute atomic E-state index is 0.159. The molecule has 2 aromatic rings. The highest BCUT2D eigenvalue weighted by molar-refractivity contribution is 5.94. The molecule has 0 unspecified atom stereocenters. The zero-order chi connectivity index (χ0) is 14.8. The average Bonchev–Trinajstić information content (AvgIpc) is 3.17. The maximum atomic E-state index is 13.0. The summed E-state index contributed by atoms with van der Waals surface area (Å²) in [6.07, 6.45) is 11.3.